The minimum absolute atomic E-state index is 0.319. The molecule has 0 amide bonds. The van der Waals surface area contributed by atoms with Crippen molar-refractivity contribution in [2.24, 2.45) is 0 Å². The van der Waals surface area contributed by atoms with Gasteiger partial charge >= 0.3 is 7.12 Å². The van der Waals surface area contributed by atoms with E-state index in [-0.39, 0.29) is 0 Å². The van der Waals surface area contributed by atoms with Crippen LogP contribution in [-0.2, 0) is 6.54 Å². The summed E-state index contributed by atoms with van der Waals surface area (Å²) in [6, 6.07) is 0. The van der Waals surface area contributed by atoms with Crippen LogP contribution in [0.15, 0.2) is 12.4 Å². The SMILES string of the molecule is CC(C)(O)Cn1cc(B(O)O)cn1. The topological polar surface area (TPSA) is 78.5 Å². The number of aromatic nitrogens is 2. The fourth-order valence-corrected chi connectivity index (χ4v) is 0.996. The second kappa shape index (κ2) is 3.49. The van der Waals surface area contributed by atoms with Crippen molar-refractivity contribution >= 4 is 12.6 Å². The van der Waals surface area contributed by atoms with Crippen molar-refractivity contribution in [1.82, 2.24) is 9.78 Å². The first-order valence-corrected chi connectivity index (χ1v) is 3.99. The summed E-state index contributed by atoms with van der Waals surface area (Å²) in [5.41, 5.74) is -0.534. The molecule has 0 unspecified atom stereocenters. The molecule has 72 valence electrons. The van der Waals surface area contributed by atoms with E-state index < -0.39 is 12.7 Å². The Morgan fingerprint density at radius 2 is 2.15 bits per heavy atom. The van der Waals surface area contributed by atoms with Gasteiger partial charge in [-0.2, -0.15) is 5.10 Å². The van der Waals surface area contributed by atoms with E-state index in [1.54, 1.807) is 13.8 Å². The second-order valence-electron chi connectivity index (χ2n) is 3.66. The predicted octanol–water partition coefficient (Wildman–Crippen LogP) is -1.67. The summed E-state index contributed by atoms with van der Waals surface area (Å²) in [4.78, 5) is 0. The van der Waals surface area contributed by atoms with Crippen molar-refractivity contribution < 1.29 is 15.2 Å². The third-order valence-corrected chi connectivity index (χ3v) is 1.50. The molecule has 0 aliphatic carbocycles. The van der Waals surface area contributed by atoms with Gasteiger partial charge in [-0.25, -0.2) is 0 Å². The first kappa shape index (κ1) is 10.2. The molecule has 0 aromatic carbocycles. The van der Waals surface area contributed by atoms with Gasteiger partial charge in [0.15, 0.2) is 0 Å². The highest BCUT2D eigenvalue weighted by atomic mass is 16.4. The summed E-state index contributed by atoms with van der Waals surface area (Å²) in [6.45, 7) is 3.63. The van der Waals surface area contributed by atoms with Crippen molar-refractivity contribution in [2.45, 2.75) is 26.0 Å². The van der Waals surface area contributed by atoms with E-state index in [1.807, 2.05) is 0 Å². The van der Waals surface area contributed by atoms with Crippen LogP contribution in [0, 0.1) is 0 Å². The lowest BCUT2D eigenvalue weighted by Gasteiger charge is -2.16. The molecular formula is C7H13BN2O3. The van der Waals surface area contributed by atoms with Crippen LogP contribution in [-0.4, -0.2) is 37.7 Å². The van der Waals surface area contributed by atoms with Gasteiger partial charge in [-0.05, 0) is 13.8 Å². The van der Waals surface area contributed by atoms with Crippen LogP contribution in [0.4, 0.5) is 0 Å². The average Bonchev–Trinajstić information content (AvgIpc) is 2.31. The highest BCUT2D eigenvalue weighted by Gasteiger charge is 2.17. The molecule has 0 radical (unpaired) electrons. The molecule has 0 spiro atoms. The van der Waals surface area contributed by atoms with Crippen molar-refractivity contribution in [2.75, 3.05) is 0 Å². The monoisotopic (exact) mass is 184 g/mol. The Balaban J connectivity index is 2.70. The number of hydrogen-bond acceptors (Lipinski definition) is 4. The summed E-state index contributed by atoms with van der Waals surface area (Å²) in [6.07, 6.45) is 2.85. The molecule has 1 rings (SSSR count). The van der Waals surface area contributed by atoms with E-state index in [9.17, 15) is 5.11 Å². The maximum absolute atomic E-state index is 9.43. The smallest absolute Gasteiger partial charge is 0.423 e. The third-order valence-electron chi connectivity index (χ3n) is 1.50. The summed E-state index contributed by atoms with van der Waals surface area (Å²) >= 11 is 0. The van der Waals surface area contributed by atoms with E-state index >= 15 is 0 Å². The fourth-order valence-electron chi connectivity index (χ4n) is 0.996. The van der Waals surface area contributed by atoms with Gasteiger partial charge in [0, 0.05) is 17.9 Å². The Morgan fingerprint density at radius 1 is 1.54 bits per heavy atom. The van der Waals surface area contributed by atoms with Crippen molar-refractivity contribution in [3.8, 4) is 0 Å². The zero-order valence-electron chi connectivity index (χ0n) is 7.68. The summed E-state index contributed by atoms with van der Waals surface area (Å²) in [5, 5.41) is 30.8. The number of aliphatic hydroxyl groups is 1. The quantitative estimate of drug-likeness (QED) is 0.491. The first-order chi connectivity index (χ1) is 5.88. The van der Waals surface area contributed by atoms with Gasteiger partial charge in [0.05, 0.1) is 12.1 Å². The zero-order valence-corrected chi connectivity index (χ0v) is 7.68. The van der Waals surface area contributed by atoms with Gasteiger partial charge in [0.25, 0.3) is 0 Å². The van der Waals surface area contributed by atoms with Crippen LogP contribution in [0.3, 0.4) is 0 Å². The Labute approximate surface area is 76.8 Å². The average molecular weight is 184 g/mol. The van der Waals surface area contributed by atoms with Gasteiger partial charge < -0.3 is 15.2 Å². The molecule has 6 heteroatoms. The molecule has 0 bridgehead atoms. The molecule has 0 aliphatic heterocycles. The Hall–Kier alpha value is -0.845. The summed E-state index contributed by atoms with van der Waals surface area (Å²) < 4.78 is 1.47. The van der Waals surface area contributed by atoms with Crippen molar-refractivity contribution in [3.05, 3.63) is 12.4 Å². The van der Waals surface area contributed by atoms with E-state index in [0.717, 1.165) is 0 Å². The highest BCUT2D eigenvalue weighted by Crippen LogP contribution is 2.03. The maximum atomic E-state index is 9.43. The second-order valence-corrected chi connectivity index (χ2v) is 3.66. The van der Waals surface area contributed by atoms with Crippen molar-refractivity contribution in [1.29, 1.82) is 0 Å². The van der Waals surface area contributed by atoms with Crippen LogP contribution in [0.2, 0.25) is 0 Å². The Kier molecular flexibility index (Phi) is 2.75. The van der Waals surface area contributed by atoms with Crippen LogP contribution in [0.1, 0.15) is 13.8 Å². The maximum Gasteiger partial charge on any atom is 0.491 e. The van der Waals surface area contributed by atoms with Gasteiger partial charge in [-0.15, -0.1) is 0 Å². The number of nitrogens with zero attached hydrogens (tertiary/aromatic N) is 2. The van der Waals surface area contributed by atoms with Crippen LogP contribution >= 0.6 is 0 Å². The molecule has 0 atom stereocenters. The molecular weight excluding hydrogens is 171 g/mol. The molecule has 13 heavy (non-hydrogen) atoms. The zero-order chi connectivity index (χ0) is 10.1. The van der Waals surface area contributed by atoms with Crippen LogP contribution < -0.4 is 5.46 Å². The fraction of sp³-hybridized carbons (Fsp3) is 0.571. The molecule has 0 saturated heterocycles. The number of hydrogen-bond donors (Lipinski definition) is 3. The lowest BCUT2D eigenvalue weighted by Crippen LogP contribution is -2.30. The lowest BCUT2D eigenvalue weighted by molar-refractivity contribution is 0.0577. The summed E-state index contributed by atoms with van der Waals surface area (Å²) in [5.74, 6) is 0. The van der Waals surface area contributed by atoms with Gasteiger partial charge in [-0.1, -0.05) is 0 Å². The minimum Gasteiger partial charge on any atom is -0.423 e. The summed E-state index contributed by atoms with van der Waals surface area (Å²) in [7, 11) is -1.50. The van der Waals surface area contributed by atoms with E-state index in [2.05, 4.69) is 5.10 Å². The predicted molar refractivity (Wildman–Crippen MR) is 48.4 cm³/mol. The largest absolute Gasteiger partial charge is 0.491 e. The first-order valence-electron chi connectivity index (χ1n) is 3.99. The van der Waals surface area contributed by atoms with E-state index in [1.165, 1.54) is 17.1 Å². The van der Waals surface area contributed by atoms with Crippen LogP contribution in [0.5, 0.6) is 0 Å². The molecule has 0 aliphatic rings. The molecule has 1 heterocycles. The van der Waals surface area contributed by atoms with E-state index in [4.69, 9.17) is 10.0 Å². The molecule has 1 aromatic heterocycles. The molecule has 3 N–H and O–H groups in total. The number of rotatable bonds is 3. The van der Waals surface area contributed by atoms with Gasteiger partial charge in [-0.3, -0.25) is 4.68 Å². The Morgan fingerprint density at radius 3 is 2.54 bits per heavy atom. The molecule has 1 aromatic rings. The van der Waals surface area contributed by atoms with Crippen LogP contribution in [0.25, 0.3) is 0 Å². The Bertz CT molecular complexity index is 280. The molecule has 0 fully saturated rings. The van der Waals surface area contributed by atoms with Crippen molar-refractivity contribution in [3.63, 3.8) is 0 Å². The molecule has 0 saturated carbocycles. The third kappa shape index (κ3) is 3.18. The minimum atomic E-state index is -1.50. The lowest BCUT2D eigenvalue weighted by atomic mass is 9.83. The van der Waals surface area contributed by atoms with Gasteiger partial charge in [0.1, 0.15) is 0 Å². The van der Waals surface area contributed by atoms with E-state index in [0.29, 0.717) is 12.0 Å². The normalized spacial score (nSPS) is 11.8. The molecule has 5 nitrogen and oxygen atoms in total. The van der Waals surface area contributed by atoms with Gasteiger partial charge in [0.2, 0.25) is 0 Å². The highest BCUT2D eigenvalue weighted by molar-refractivity contribution is 6.58. The standard InChI is InChI=1S/C7H13BN2O3/c1-7(2,11)5-10-4-6(3-9-10)8(12)13/h3-4,11-13H,5H2,1-2H3.